The Morgan fingerprint density at radius 1 is 1.00 bits per heavy atom. The molecule has 6 nitrogen and oxygen atoms in total. The molecule has 0 aliphatic rings. The van der Waals surface area contributed by atoms with Crippen LogP contribution in [0, 0.1) is 13.8 Å². The Balaban J connectivity index is 1.76. The van der Waals surface area contributed by atoms with Crippen molar-refractivity contribution in [3.8, 4) is 22.4 Å². The van der Waals surface area contributed by atoms with Crippen molar-refractivity contribution >= 4 is 28.2 Å². The summed E-state index contributed by atoms with van der Waals surface area (Å²) in [6.07, 6.45) is 0.926. The van der Waals surface area contributed by atoms with E-state index in [1.807, 2.05) is 61.5 Å². The van der Waals surface area contributed by atoms with Crippen molar-refractivity contribution in [2.75, 3.05) is 12.4 Å². The molecule has 0 aliphatic heterocycles. The van der Waals surface area contributed by atoms with E-state index in [1.165, 1.54) is 24.0 Å². The number of carbonyl (C=O) groups excluding carboxylic acids is 2. The summed E-state index contributed by atoms with van der Waals surface area (Å²) in [6, 6.07) is 17.4. The number of hydrogen-bond donors (Lipinski definition) is 1. The Morgan fingerprint density at radius 2 is 1.70 bits per heavy atom. The molecule has 0 aliphatic carbocycles. The average Bonchev–Trinajstić information content (AvgIpc) is 3.38. The summed E-state index contributed by atoms with van der Waals surface area (Å²) in [4.78, 5) is 27.0. The number of esters is 1. The Labute approximate surface area is 196 Å². The molecule has 0 fully saturated rings. The zero-order valence-corrected chi connectivity index (χ0v) is 19.7. The number of aromatic nitrogens is 1. The van der Waals surface area contributed by atoms with Crippen LogP contribution in [0.1, 0.15) is 43.8 Å². The highest BCUT2D eigenvalue weighted by atomic mass is 32.1. The lowest BCUT2D eigenvalue weighted by Gasteiger charge is -2.09. The van der Waals surface area contributed by atoms with Crippen molar-refractivity contribution in [2.45, 2.75) is 27.2 Å². The number of aryl methyl sites for hydroxylation is 3. The van der Waals surface area contributed by atoms with E-state index in [0.717, 1.165) is 28.0 Å². The zero-order valence-electron chi connectivity index (χ0n) is 18.9. The molecule has 1 N–H and O–H groups in total. The van der Waals surface area contributed by atoms with E-state index in [1.54, 1.807) is 6.92 Å². The second-order valence-corrected chi connectivity index (χ2v) is 8.79. The van der Waals surface area contributed by atoms with E-state index in [0.29, 0.717) is 27.6 Å². The highest BCUT2D eigenvalue weighted by Crippen LogP contribution is 2.41. The number of nitrogens with one attached hydrogen (secondary N) is 1. The van der Waals surface area contributed by atoms with Crippen molar-refractivity contribution in [3.05, 3.63) is 81.9 Å². The van der Waals surface area contributed by atoms with Gasteiger partial charge >= 0.3 is 5.97 Å². The highest BCUT2D eigenvalue weighted by molar-refractivity contribution is 7.17. The molecule has 0 bridgehead atoms. The molecule has 0 spiro atoms. The maximum atomic E-state index is 13.3. The van der Waals surface area contributed by atoms with Gasteiger partial charge in [0.1, 0.15) is 27.6 Å². The SMILES string of the molecule is CCc1ccc(-c2c(C)sc(NC(=O)c3c(-c4ccccc4)noc3C)c2C(=O)OC)cc1. The minimum atomic E-state index is -0.505. The summed E-state index contributed by atoms with van der Waals surface area (Å²) in [7, 11) is 1.34. The third-order valence-corrected chi connectivity index (χ3v) is 6.51. The second kappa shape index (κ2) is 9.42. The van der Waals surface area contributed by atoms with Crippen LogP contribution >= 0.6 is 11.3 Å². The second-order valence-electron chi connectivity index (χ2n) is 7.56. The monoisotopic (exact) mass is 460 g/mol. The van der Waals surface area contributed by atoms with Gasteiger partial charge in [-0.05, 0) is 31.4 Å². The van der Waals surface area contributed by atoms with Crippen LogP contribution in [-0.2, 0) is 11.2 Å². The van der Waals surface area contributed by atoms with Crippen molar-refractivity contribution in [3.63, 3.8) is 0 Å². The molecule has 0 saturated heterocycles. The fraction of sp³-hybridized carbons (Fsp3) is 0.192. The summed E-state index contributed by atoms with van der Waals surface area (Å²) >= 11 is 1.34. The van der Waals surface area contributed by atoms with Gasteiger partial charge in [-0.2, -0.15) is 0 Å². The first kappa shape index (κ1) is 22.5. The number of thiophene rings is 1. The fourth-order valence-corrected chi connectivity index (χ4v) is 4.84. The van der Waals surface area contributed by atoms with Crippen molar-refractivity contribution in [1.29, 1.82) is 0 Å². The Bertz CT molecular complexity index is 1300. The van der Waals surface area contributed by atoms with Gasteiger partial charge in [0.05, 0.1) is 7.11 Å². The van der Waals surface area contributed by atoms with Gasteiger partial charge in [0, 0.05) is 16.0 Å². The van der Waals surface area contributed by atoms with Crippen LogP contribution in [0.5, 0.6) is 0 Å². The third kappa shape index (κ3) is 4.32. The predicted molar refractivity (Wildman–Crippen MR) is 130 cm³/mol. The largest absolute Gasteiger partial charge is 0.465 e. The van der Waals surface area contributed by atoms with Crippen LogP contribution in [0.15, 0.2) is 59.1 Å². The molecule has 2 heterocycles. The van der Waals surface area contributed by atoms with Crippen molar-refractivity contribution < 1.29 is 18.8 Å². The van der Waals surface area contributed by atoms with Crippen molar-refractivity contribution in [1.82, 2.24) is 5.16 Å². The van der Waals surface area contributed by atoms with E-state index in [-0.39, 0.29) is 0 Å². The number of amides is 1. The first-order valence-corrected chi connectivity index (χ1v) is 11.4. The Hall–Kier alpha value is -3.71. The van der Waals surface area contributed by atoms with Gasteiger partial charge < -0.3 is 14.6 Å². The summed E-state index contributed by atoms with van der Waals surface area (Å²) in [6.45, 7) is 5.71. The molecular weight excluding hydrogens is 436 g/mol. The molecule has 1 amide bonds. The number of methoxy groups -OCH3 is 1. The molecule has 0 atom stereocenters. The summed E-state index contributed by atoms with van der Waals surface area (Å²) in [5.74, 6) is -0.504. The van der Waals surface area contributed by atoms with Crippen LogP contribution in [0.3, 0.4) is 0 Å². The number of rotatable bonds is 6. The highest BCUT2D eigenvalue weighted by Gasteiger charge is 2.28. The van der Waals surface area contributed by atoms with E-state index in [2.05, 4.69) is 17.4 Å². The van der Waals surface area contributed by atoms with E-state index in [4.69, 9.17) is 9.26 Å². The Morgan fingerprint density at radius 3 is 2.33 bits per heavy atom. The van der Waals surface area contributed by atoms with Gasteiger partial charge in [-0.3, -0.25) is 4.79 Å². The fourth-order valence-electron chi connectivity index (χ4n) is 3.78. The molecule has 7 heteroatoms. The quantitative estimate of drug-likeness (QED) is 0.342. The van der Waals surface area contributed by atoms with E-state index < -0.39 is 11.9 Å². The van der Waals surface area contributed by atoms with Gasteiger partial charge in [-0.15, -0.1) is 11.3 Å². The van der Waals surface area contributed by atoms with Gasteiger partial charge in [0.15, 0.2) is 0 Å². The number of nitrogens with zero attached hydrogens (tertiary/aromatic N) is 1. The number of ether oxygens (including phenoxy) is 1. The molecule has 168 valence electrons. The minimum absolute atomic E-state index is 0.330. The van der Waals surface area contributed by atoms with Crippen LogP contribution < -0.4 is 5.32 Å². The van der Waals surface area contributed by atoms with E-state index >= 15 is 0 Å². The molecule has 0 radical (unpaired) electrons. The molecule has 0 saturated carbocycles. The topological polar surface area (TPSA) is 81.4 Å². The Kier molecular flexibility index (Phi) is 6.42. The van der Waals surface area contributed by atoms with Gasteiger partial charge in [-0.25, -0.2) is 4.79 Å². The first-order valence-electron chi connectivity index (χ1n) is 10.6. The maximum absolute atomic E-state index is 13.3. The summed E-state index contributed by atoms with van der Waals surface area (Å²) in [5.41, 5.74) is 4.75. The molecule has 4 rings (SSSR count). The van der Waals surface area contributed by atoms with Crippen molar-refractivity contribution in [2.24, 2.45) is 0 Å². The molecule has 0 unspecified atom stereocenters. The van der Waals surface area contributed by atoms with Gasteiger partial charge in [0.25, 0.3) is 5.91 Å². The molecule has 2 aromatic carbocycles. The van der Waals surface area contributed by atoms with Crippen LogP contribution in [0.4, 0.5) is 5.00 Å². The first-order chi connectivity index (χ1) is 15.9. The van der Waals surface area contributed by atoms with E-state index in [9.17, 15) is 9.59 Å². The molecular formula is C26H24N2O4S. The number of hydrogen-bond acceptors (Lipinski definition) is 6. The molecule has 4 aromatic rings. The van der Waals surface area contributed by atoms with Crippen LogP contribution in [-0.4, -0.2) is 24.1 Å². The smallest absolute Gasteiger partial charge is 0.341 e. The lowest BCUT2D eigenvalue weighted by Crippen LogP contribution is -2.15. The van der Waals surface area contributed by atoms with Crippen LogP contribution in [0.2, 0.25) is 0 Å². The third-order valence-electron chi connectivity index (χ3n) is 5.49. The lowest BCUT2D eigenvalue weighted by molar-refractivity contribution is 0.0603. The number of benzene rings is 2. The normalized spacial score (nSPS) is 10.8. The standard InChI is InChI=1S/C26H24N2O4S/c1-5-17-11-13-18(14-12-17)21-16(3)33-25(22(21)26(30)31-4)27-24(29)20-15(2)32-28-23(20)19-9-7-6-8-10-19/h6-14H,5H2,1-4H3,(H,27,29). The average molecular weight is 461 g/mol. The summed E-state index contributed by atoms with van der Waals surface area (Å²) in [5, 5.41) is 7.43. The maximum Gasteiger partial charge on any atom is 0.341 e. The van der Waals surface area contributed by atoms with Gasteiger partial charge in [0.2, 0.25) is 0 Å². The lowest BCUT2D eigenvalue weighted by atomic mass is 9.99. The minimum Gasteiger partial charge on any atom is -0.465 e. The number of carbonyl (C=O) groups is 2. The zero-order chi connectivity index (χ0) is 23.5. The van der Waals surface area contributed by atoms with Gasteiger partial charge in [-0.1, -0.05) is 66.7 Å². The van der Waals surface area contributed by atoms with Crippen LogP contribution in [0.25, 0.3) is 22.4 Å². The molecule has 2 aromatic heterocycles. The predicted octanol–water partition coefficient (Wildman–Crippen LogP) is 6.29. The number of anilines is 1. The summed E-state index contributed by atoms with van der Waals surface area (Å²) < 4.78 is 10.4. The molecule has 33 heavy (non-hydrogen) atoms.